The van der Waals surface area contributed by atoms with Gasteiger partial charge in [0.25, 0.3) is 5.91 Å². The number of rotatable bonds is 6. The highest BCUT2D eigenvalue weighted by molar-refractivity contribution is 5.97. The lowest BCUT2D eigenvalue weighted by Crippen LogP contribution is -2.23. The fourth-order valence-electron chi connectivity index (χ4n) is 3.87. The normalized spacial score (nSPS) is 14.3. The SMILES string of the molecule is COc1ccc(F)cc1C(=O)NCc1ccc(-c2nc(C3(C)CC3)n3ncnc(N)c23)cc1. The van der Waals surface area contributed by atoms with Crippen LogP contribution in [0.15, 0.2) is 48.8 Å². The van der Waals surface area contributed by atoms with Crippen LogP contribution < -0.4 is 15.8 Å². The number of imidazole rings is 1. The lowest BCUT2D eigenvalue weighted by atomic mass is 10.1. The number of anilines is 1. The second-order valence-electron chi connectivity index (χ2n) is 8.47. The molecule has 8 nitrogen and oxygen atoms in total. The lowest BCUT2D eigenvalue weighted by Gasteiger charge is -2.10. The van der Waals surface area contributed by atoms with E-state index in [1.807, 2.05) is 24.3 Å². The van der Waals surface area contributed by atoms with E-state index in [4.69, 9.17) is 15.5 Å². The first-order valence-corrected chi connectivity index (χ1v) is 10.6. The van der Waals surface area contributed by atoms with Crippen molar-refractivity contribution < 1.29 is 13.9 Å². The first kappa shape index (κ1) is 20.9. The summed E-state index contributed by atoms with van der Waals surface area (Å²) in [5.74, 6) is 0.671. The third-order valence-electron chi connectivity index (χ3n) is 6.09. The van der Waals surface area contributed by atoms with E-state index in [9.17, 15) is 9.18 Å². The molecule has 0 saturated heterocycles. The zero-order valence-corrected chi connectivity index (χ0v) is 18.3. The number of nitrogens with one attached hydrogen (secondary N) is 1. The molecule has 0 atom stereocenters. The monoisotopic (exact) mass is 446 g/mol. The van der Waals surface area contributed by atoms with Crippen LogP contribution in [0.1, 0.15) is 41.5 Å². The van der Waals surface area contributed by atoms with Crippen LogP contribution in [0.2, 0.25) is 0 Å². The van der Waals surface area contributed by atoms with Gasteiger partial charge in [-0.3, -0.25) is 4.79 Å². The fourth-order valence-corrected chi connectivity index (χ4v) is 3.87. The number of carbonyl (C=O) groups is 1. The number of hydrogen-bond acceptors (Lipinski definition) is 6. The summed E-state index contributed by atoms with van der Waals surface area (Å²) in [7, 11) is 1.44. The first-order valence-electron chi connectivity index (χ1n) is 10.6. The number of halogens is 1. The molecule has 2 aromatic heterocycles. The zero-order chi connectivity index (χ0) is 23.2. The van der Waals surface area contributed by atoms with Gasteiger partial charge in [0.2, 0.25) is 0 Å². The van der Waals surface area contributed by atoms with Crippen molar-refractivity contribution in [2.24, 2.45) is 0 Å². The maximum absolute atomic E-state index is 13.6. The van der Waals surface area contributed by atoms with Crippen molar-refractivity contribution in [1.82, 2.24) is 24.9 Å². The van der Waals surface area contributed by atoms with Crippen LogP contribution >= 0.6 is 0 Å². The Kier molecular flexibility index (Phi) is 4.96. The zero-order valence-electron chi connectivity index (χ0n) is 18.3. The van der Waals surface area contributed by atoms with E-state index in [-0.39, 0.29) is 17.5 Å². The number of carbonyl (C=O) groups excluding carboxylic acids is 1. The second kappa shape index (κ2) is 7.84. The molecule has 0 radical (unpaired) electrons. The van der Waals surface area contributed by atoms with E-state index < -0.39 is 11.7 Å². The van der Waals surface area contributed by atoms with Crippen LogP contribution in [0.5, 0.6) is 5.75 Å². The average molecular weight is 446 g/mol. The molecule has 0 unspecified atom stereocenters. The molecule has 3 N–H and O–H groups in total. The molecule has 1 aliphatic rings. The van der Waals surface area contributed by atoms with Gasteiger partial charge in [-0.15, -0.1) is 0 Å². The quantitative estimate of drug-likeness (QED) is 0.469. The molecular formula is C24H23FN6O2. The van der Waals surface area contributed by atoms with Gasteiger partial charge < -0.3 is 15.8 Å². The third-order valence-corrected chi connectivity index (χ3v) is 6.09. The summed E-state index contributed by atoms with van der Waals surface area (Å²) in [6, 6.07) is 11.5. The van der Waals surface area contributed by atoms with Crippen molar-refractivity contribution in [3.05, 3.63) is 71.6 Å². The van der Waals surface area contributed by atoms with Crippen molar-refractivity contribution in [1.29, 1.82) is 0 Å². The van der Waals surface area contributed by atoms with E-state index in [0.29, 0.717) is 17.1 Å². The number of nitrogens with two attached hydrogens (primary N) is 1. The molecule has 1 saturated carbocycles. The topological polar surface area (TPSA) is 107 Å². The van der Waals surface area contributed by atoms with E-state index >= 15 is 0 Å². The Morgan fingerprint density at radius 2 is 2.00 bits per heavy atom. The molecule has 1 aliphatic carbocycles. The van der Waals surface area contributed by atoms with Gasteiger partial charge in [0.1, 0.15) is 34.9 Å². The summed E-state index contributed by atoms with van der Waals surface area (Å²) in [6.45, 7) is 2.44. The van der Waals surface area contributed by atoms with Gasteiger partial charge in [0, 0.05) is 17.5 Å². The Morgan fingerprint density at radius 3 is 2.70 bits per heavy atom. The number of benzene rings is 2. The van der Waals surface area contributed by atoms with Gasteiger partial charge in [-0.1, -0.05) is 31.2 Å². The van der Waals surface area contributed by atoms with Crippen molar-refractivity contribution in [2.75, 3.05) is 12.8 Å². The minimum Gasteiger partial charge on any atom is -0.496 e. The minimum atomic E-state index is -0.500. The molecule has 1 amide bonds. The van der Waals surface area contributed by atoms with Gasteiger partial charge in [0.15, 0.2) is 5.82 Å². The predicted octanol–water partition coefficient (Wildman–Crippen LogP) is 3.50. The Hall–Kier alpha value is -4.01. The predicted molar refractivity (Wildman–Crippen MR) is 121 cm³/mol. The van der Waals surface area contributed by atoms with Crippen LogP contribution in [-0.2, 0) is 12.0 Å². The van der Waals surface area contributed by atoms with Crippen molar-refractivity contribution in [3.8, 4) is 17.0 Å². The second-order valence-corrected chi connectivity index (χ2v) is 8.47. The molecule has 0 aliphatic heterocycles. The average Bonchev–Trinajstić information content (AvgIpc) is 3.44. The Morgan fingerprint density at radius 1 is 1.24 bits per heavy atom. The number of fused-ring (bicyclic) bond motifs is 1. The highest BCUT2D eigenvalue weighted by Crippen LogP contribution is 2.48. The van der Waals surface area contributed by atoms with Crippen LogP contribution in [0, 0.1) is 5.82 Å². The summed E-state index contributed by atoms with van der Waals surface area (Å²) in [6.07, 6.45) is 3.57. The number of ether oxygens (including phenoxy) is 1. The van der Waals surface area contributed by atoms with Gasteiger partial charge in [-0.2, -0.15) is 5.10 Å². The van der Waals surface area contributed by atoms with Gasteiger partial charge >= 0.3 is 0 Å². The molecule has 4 aromatic rings. The third kappa shape index (κ3) is 3.75. The first-order chi connectivity index (χ1) is 15.9. The standard InChI is InChI=1S/C24H23FN6O2/c1-24(9-10-24)23-30-19(20-21(26)28-13-29-31(20)23)15-5-3-14(4-6-15)12-27-22(32)17-11-16(25)7-8-18(17)33-2/h3-8,11,13H,9-10,12H2,1-2H3,(H,27,32)(H2,26,28,29). The highest BCUT2D eigenvalue weighted by Gasteiger charge is 2.44. The van der Waals surface area contributed by atoms with Crippen molar-refractivity contribution in [3.63, 3.8) is 0 Å². The van der Waals surface area contributed by atoms with Crippen LogP contribution in [-0.4, -0.2) is 32.6 Å². The van der Waals surface area contributed by atoms with Crippen LogP contribution in [0.4, 0.5) is 10.2 Å². The maximum atomic E-state index is 13.6. The molecule has 33 heavy (non-hydrogen) atoms. The number of nitrogen functional groups attached to an aromatic ring is 1. The minimum absolute atomic E-state index is 0.00412. The Bertz CT molecular complexity index is 1360. The summed E-state index contributed by atoms with van der Waals surface area (Å²) in [5.41, 5.74) is 9.52. The lowest BCUT2D eigenvalue weighted by molar-refractivity contribution is 0.0947. The Labute approximate surface area is 189 Å². The van der Waals surface area contributed by atoms with Crippen molar-refractivity contribution in [2.45, 2.75) is 31.7 Å². The molecule has 1 fully saturated rings. The number of aromatic nitrogens is 4. The summed E-state index contributed by atoms with van der Waals surface area (Å²) in [4.78, 5) is 21.6. The number of hydrogen-bond donors (Lipinski definition) is 2. The fraction of sp³-hybridized carbons (Fsp3) is 0.250. The molecular weight excluding hydrogens is 423 g/mol. The van der Waals surface area contributed by atoms with E-state index in [1.54, 1.807) is 4.52 Å². The number of nitrogens with zero attached hydrogens (tertiary/aromatic N) is 4. The maximum Gasteiger partial charge on any atom is 0.255 e. The molecule has 2 heterocycles. The van der Waals surface area contributed by atoms with Crippen LogP contribution in [0.3, 0.4) is 0 Å². The van der Waals surface area contributed by atoms with Gasteiger partial charge in [-0.05, 0) is 36.6 Å². The molecule has 2 aromatic carbocycles. The van der Waals surface area contributed by atoms with Gasteiger partial charge in [-0.25, -0.2) is 18.9 Å². The highest BCUT2D eigenvalue weighted by atomic mass is 19.1. The number of methoxy groups -OCH3 is 1. The smallest absolute Gasteiger partial charge is 0.255 e. The molecule has 0 spiro atoms. The summed E-state index contributed by atoms with van der Waals surface area (Å²) in [5, 5.41) is 7.19. The number of amides is 1. The molecule has 0 bridgehead atoms. The largest absolute Gasteiger partial charge is 0.496 e. The van der Waals surface area contributed by atoms with Gasteiger partial charge in [0.05, 0.1) is 12.7 Å². The van der Waals surface area contributed by atoms with Crippen molar-refractivity contribution >= 4 is 17.2 Å². The van der Waals surface area contributed by atoms with E-state index in [2.05, 4.69) is 22.3 Å². The van der Waals surface area contributed by atoms with E-state index in [0.717, 1.165) is 41.6 Å². The molecule has 9 heteroatoms. The van der Waals surface area contributed by atoms with E-state index in [1.165, 1.54) is 25.6 Å². The Balaban J connectivity index is 1.38. The molecule has 168 valence electrons. The summed E-state index contributed by atoms with van der Waals surface area (Å²) >= 11 is 0. The van der Waals surface area contributed by atoms with Crippen LogP contribution in [0.25, 0.3) is 16.8 Å². The molecule has 5 rings (SSSR count). The summed E-state index contributed by atoms with van der Waals surface area (Å²) < 4.78 is 20.5.